The van der Waals surface area contributed by atoms with E-state index in [1.165, 1.54) is 0 Å². The molecule has 0 aliphatic carbocycles. The van der Waals surface area contributed by atoms with Crippen molar-refractivity contribution < 1.29 is 19.4 Å². The van der Waals surface area contributed by atoms with E-state index in [0.717, 1.165) is 11.1 Å². The van der Waals surface area contributed by atoms with Crippen molar-refractivity contribution >= 4 is 12.0 Å². The zero-order chi connectivity index (χ0) is 14.7. The first-order valence-electron chi connectivity index (χ1n) is 6.60. The maximum atomic E-state index is 11.0. The lowest BCUT2D eigenvalue weighted by Gasteiger charge is -2.16. The van der Waals surface area contributed by atoms with Crippen LogP contribution in [0.25, 0.3) is 6.08 Å². The zero-order valence-corrected chi connectivity index (χ0v) is 11.3. The largest absolute Gasteiger partial charge is 0.489 e. The highest BCUT2D eigenvalue weighted by atomic mass is 16.5. The van der Waals surface area contributed by atoms with E-state index in [0.29, 0.717) is 18.1 Å². The second kappa shape index (κ2) is 5.71. The Morgan fingerprint density at radius 3 is 2.76 bits per heavy atom. The second-order valence-electron chi connectivity index (χ2n) is 4.74. The van der Waals surface area contributed by atoms with Crippen molar-refractivity contribution in [1.82, 2.24) is 0 Å². The van der Waals surface area contributed by atoms with Crippen molar-refractivity contribution in [1.29, 1.82) is 0 Å². The number of carboxylic acids is 1. The van der Waals surface area contributed by atoms with Gasteiger partial charge in [0.2, 0.25) is 0 Å². The van der Waals surface area contributed by atoms with Crippen LogP contribution in [0.15, 0.2) is 54.1 Å². The van der Waals surface area contributed by atoms with Gasteiger partial charge in [-0.05, 0) is 29.8 Å². The fourth-order valence-electron chi connectivity index (χ4n) is 2.11. The quantitative estimate of drug-likeness (QED) is 0.936. The summed E-state index contributed by atoms with van der Waals surface area (Å²) in [5.74, 6) is 0.396. The van der Waals surface area contributed by atoms with Gasteiger partial charge < -0.3 is 14.6 Å². The average molecular weight is 282 g/mol. The van der Waals surface area contributed by atoms with Crippen LogP contribution >= 0.6 is 0 Å². The first-order valence-corrected chi connectivity index (χ1v) is 6.60. The number of fused-ring (bicyclic) bond motifs is 1. The van der Waals surface area contributed by atoms with E-state index in [2.05, 4.69) is 0 Å². The summed E-state index contributed by atoms with van der Waals surface area (Å²) in [5, 5.41) is 9.01. The molecule has 0 radical (unpaired) electrons. The van der Waals surface area contributed by atoms with E-state index in [-0.39, 0.29) is 12.2 Å². The molecule has 0 bridgehead atoms. The molecule has 1 N–H and O–H groups in total. The molecule has 4 heteroatoms. The second-order valence-corrected chi connectivity index (χ2v) is 4.74. The molecule has 1 aliphatic rings. The summed E-state index contributed by atoms with van der Waals surface area (Å²) in [4.78, 5) is 11.0. The van der Waals surface area contributed by atoms with Crippen LogP contribution in [-0.4, -0.2) is 17.7 Å². The van der Waals surface area contributed by atoms with E-state index in [4.69, 9.17) is 14.6 Å². The van der Waals surface area contributed by atoms with E-state index in [1.807, 2.05) is 36.4 Å². The van der Waals surface area contributed by atoms with Crippen LogP contribution in [0.5, 0.6) is 11.5 Å². The number of aliphatic carboxylic acids is 1. The minimum absolute atomic E-state index is 0.0898. The standard InChI is InChI=1S/C17H14O4/c18-17(19)14-8-13-9-15(6-7-16(13)21-11-14)20-10-12-4-2-1-3-5-12/h1-9H,10-11H2,(H,18,19). The van der Waals surface area contributed by atoms with Crippen LogP contribution in [0.4, 0.5) is 0 Å². The summed E-state index contributed by atoms with van der Waals surface area (Å²) < 4.78 is 11.1. The monoisotopic (exact) mass is 282 g/mol. The zero-order valence-electron chi connectivity index (χ0n) is 11.3. The molecule has 0 saturated carbocycles. The number of benzene rings is 2. The van der Waals surface area contributed by atoms with Gasteiger partial charge in [0.15, 0.2) is 0 Å². The number of ether oxygens (including phenoxy) is 2. The Bertz CT molecular complexity index is 689. The van der Waals surface area contributed by atoms with Crippen molar-refractivity contribution in [2.75, 3.05) is 6.61 Å². The fraction of sp³-hybridized carbons (Fsp3) is 0.118. The van der Waals surface area contributed by atoms with Gasteiger partial charge in [-0.3, -0.25) is 0 Å². The lowest BCUT2D eigenvalue weighted by Crippen LogP contribution is -2.14. The molecule has 2 aromatic carbocycles. The molecular formula is C17H14O4. The summed E-state index contributed by atoms with van der Waals surface area (Å²) in [6.45, 7) is 0.558. The summed E-state index contributed by atoms with van der Waals surface area (Å²) >= 11 is 0. The van der Waals surface area contributed by atoms with E-state index in [1.54, 1.807) is 18.2 Å². The van der Waals surface area contributed by atoms with Crippen LogP contribution in [0.2, 0.25) is 0 Å². The Morgan fingerprint density at radius 1 is 1.19 bits per heavy atom. The number of hydrogen-bond acceptors (Lipinski definition) is 3. The fourth-order valence-corrected chi connectivity index (χ4v) is 2.11. The Hall–Kier alpha value is -2.75. The minimum Gasteiger partial charge on any atom is -0.489 e. The highest BCUT2D eigenvalue weighted by molar-refractivity contribution is 5.93. The first-order chi connectivity index (χ1) is 10.2. The highest BCUT2D eigenvalue weighted by Gasteiger charge is 2.16. The molecule has 21 heavy (non-hydrogen) atoms. The molecule has 0 atom stereocenters. The molecule has 0 spiro atoms. The number of hydrogen-bond donors (Lipinski definition) is 1. The van der Waals surface area contributed by atoms with E-state index in [9.17, 15) is 4.79 Å². The van der Waals surface area contributed by atoms with Gasteiger partial charge >= 0.3 is 5.97 Å². The van der Waals surface area contributed by atoms with Gasteiger partial charge in [-0.25, -0.2) is 4.79 Å². The summed E-state index contributed by atoms with van der Waals surface area (Å²) in [7, 11) is 0. The smallest absolute Gasteiger partial charge is 0.335 e. The predicted octanol–water partition coefficient (Wildman–Crippen LogP) is 3.13. The molecule has 0 aromatic heterocycles. The number of carboxylic acid groups (broad SMARTS) is 1. The summed E-state index contributed by atoms with van der Waals surface area (Å²) in [6, 6.07) is 15.3. The normalized spacial score (nSPS) is 12.9. The Morgan fingerprint density at radius 2 is 2.00 bits per heavy atom. The Balaban J connectivity index is 1.77. The third kappa shape index (κ3) is 3.05. The van der Waals surface area contributed by atoms with Gasteiger partial charge in [-0.1, -0.05) is 30.3 Å². The number of rotatable bonds is 4. The van der Waals surface area contributed by atoms with Crippen LogP contribution in [0, 0.1) is 0 Å². The molecule has 4 nitrogen and oxygen atoms in total. The number of carbonyl (C=O) groups is 1. The van der Waals surface area contributed by atoms with Gasteiger partial charge in [0.05, 0.1) is 5.57 Å². The van der Waals surface area contributed by atoms with Crippen molar-refractivity contribution in [3.63, 3.8) is 0 Å². The minimum atomic E-state index is -0.962. The Kier molecular flexibility index (Phi) is 3.60. The van der Waals surface area contributed by atoms with Crippen molar-refractivity contribution in [2.24, 2.45) is 0 Å². The molecule has 0 amide bonds. The summed E-state index contributed by atoms with van der Waals surface area (Å²) in [6.07, 6.45) is 1.62. The van der Waals surface area contributed by atoms with Crippen LogP contribution in [0.1, 0.15) is 11.1 Å². The van der Waals surface area contributed by atoms with Crippen LogP contribution in [0.3, 0.4) is 0 Å². The highest BCUT2D eigenvalue weighted by Crippen LogP contribution is 2.30. The molecule has 1 heterocycles. The lowest BCUT2D eigenvalue weighted by atomic mass is 10.1. The maximum absolute atomic E-state index is 11.0. The SMILES string of the molecule is O=C(O)C1=Cc2cc(OCc3ccccc3)ccc2OC1. The van der Waals surface area contributed by atoms with Gasteiger partial charge in [-0.15, -0.1) is 0 Å². The van der Waals surface area contributed by atoms with Gasteiger partial charge in [0.1, 0.15) is 24.7 Å². The molecule has 3 rings (SSSR count). The Labute approximate surface area is 122 Å². The molecular weight excluding hydrogens is 268 g/mol. The molecule has 1 aliphatic heterocycles. The third-order valence-electron chi connectivity index (χ3n) is 3.22. The van der Waals surface area contributed by atoms with Crippen LogP contribution in [-0.2, 0) is 11.4 Å². The molecule has 0 fully saturated rings. The van der Waals surface area contributed by atoms with Crippen LogP contribution < -0.4 is 9.47 Å². The van der Waals surface area contributed by atoms with Crippen molar-refractivity contribution in [3.8, 4) is 11.5 Å². The molecule has 0 unspecified atom stereocenters. The van der Waals surface area contributed by atoms with E-state index < -0.39 is 5.97 Å². The topological polar surface area (TPSA) is 55.8 Å². The predicted molar refractivity (Wildman–Crippen MR) is 78.3 cm³/mol. The third-order valence-corrected chi connectivity index (χ3v) is 3.22. The first kappa shape index (κ1) is 13.2. The van der Waals surface area contributed by atoms with Gasteiger partial charge in [-0.2, -0.15) is 0 Å². The molecule has 106 valence electrons. The van der Waals surface area contributed by atoms with Crippen molar-refractivity contribution in [3.05, 3.63) is 65.2 Å². The van der Waals surface area contributed by atoms with Gasteiger partial charge in [0.25, 0.3) is 0 Å². The average Bonchev–Trinajstić information content (AvgIpc) is 2.53. The molecule has 0 saturated heterocycles. The molecule has 2 aromatic rings. The maximum Gasteiger partial charge on any atom is 0.335 e. The van der Waals surface area contributed by atoms with Crippen molar-refractivity contribution in [2.45, 2.75) is 6.61 Å². The van der Waals surface area contributed by atoms with Gasteiger partial charge in [0, 0.05) is 5.56 Å². The van der Waals surface area contributed by atoms with E-state index >= 15 is 0 Å². The summed E-state index contributed by atoms with van der Waals surface area (Å²) in [5.41, 5.74) is 2.04. The lowest BCUT2D eigenvalue weighted by molar-refractivity contribution is -0.132.